The summed E-state index contributed by atoms with van der Waals surface area (Å²) in [7, 11) is 0. The minimum Gasteiger partial charge on any atom is -0.482 e. The number of benzene rings is 3. The Bertz CT molecular complexity index is 1150. The van der Waals surface area contributed by atoms with Gasteiger partial charge in [0.05, 0.1) is 12.6 Å². The van der Waals surface area contributed by atoms with Gasteiger partial charge in [-0.25, -0.2) is 14.0 Å². The highest BCUT2D eigenvalue weighted by atomic mass is 19.1. The normalized spacial score (nSPS) is 14.8. The Morgan fingerprint density at radius 2 is 1.74 bits per heavy atom. The molecular formula is C27H26FNO5. The number of carbonyl (C=O) groups excluding carboxylic acids is 2. The number of nitrogens with zero attached hydrogens (tertiary/aromatic N) is 1. The second-order valence-corrected chi connectivity index (χ2v) is 7.86. The molecule has 3 aromatic carbocycles. The van der Waals surface area contributed by atoms with Crippen LogP contribution in [0.5, 0.6) is 5.75 Å². The molecule has 0 radical (unpaired) electrons. The molecule has 1 amide bonds. The van der Waals surface area contributed by atoms with E-state index in [1.54, 1.807) is 11.8 Å². The summed E-state index contributed by atoms with van der Waals surface area (Å²) in [6.45, 7) is 2.14. The fraction of sp³-hybridized carbons (Fsp3) is 0.259. The molecule has 0 saturated carbocycles. The average molecular weight is 464 g/mol. The number of hydrogen-bond donors (Lipinski definition) is 0. The molecule has 3 aromatic rings. The van der Waals surface area contributed by atoms with Crippen LogP contribution in [-0.4, -0.2) is 36.7 Å². The molecule has 0 aliphatic carbocycles. The Morgan fingerprint density at radius 1 is 0.971 bits per heavy atom. The van der Waals surface area contributed by atoms with E-state index in [2.05, 4.69) is 0 Å². The molecule has 0 saturated heterocycles. The van der Waals surface area contributed by atoms with Crippen molar-refractivity contribution in [2.24, 2.45) is 0 Å². The first kappa shape index (κ1) is 23.3. The zero-order valence-corrected chi connectivity index (χ0v) is 18.9. The molecule has 4 rings (SSSR count). The number of ether oxygens (including phenoxy) is 3. The second kappa shape index (κ2) is 10.8. The van der Waals surface area contributed by atoms with Gasteiger partial charge >= 0.3 is 12.1 Å². The third-order valence-corrected chi connectivity index (χ3v) is 5.64. The zero-order chi connectivity index (χ0) is 23.9. The van der Waals surface area contributed by atoms with E-state index in [1.165, 1.54) is 18.2 Å². The second-order valence-electron chi connectivity index (χ2n) is 7.86. The van der Waals surface area contributed by atoms with E-state index in [0.717, 1.165) is 16.7 Å². The van der Waals surface area contributed by atoms with Gasteiger partial charge in [0.2, 0.25) is 0 Å². The quantitative estimate of drug-likeness (QED) is 0.459. The van der Waals surface area contributed by atoms with Gasteiger partial charge in [-0.05, 0) is 48.2 Å². The van der Waals surface area contributed by atoms with Gasteiger partial charge in [-0.2, -0.15) is 0 Å². The van der Waals surface area contributed by atoms with Crippen LogP contribution in [0, 0.1) is 5.82 Å². The Balaban J connectivity index is 1.66. The lowest BCUT2D eigenvalue weighted by Gasteiger charge is -2.37. The molecule has 1 aliphatic rings. The summed E-state index contributed by atoms with van der Waals surface area (Å²) in [5, 5.41) is 0. The van der Waals surface area contributed by atoms with Gasteiger partial charge in [-0.15, -0.1) is 0 Å². The summed E-state index contributed by atoms with van der Waals surface area (Å²) in [6.07, 6.45) is 0.130. The van der Waals surface area contributed by atoms with E-state index >= 15 is 0 Å². The molecule has 0 N–H and O–H groups in total. The number of carbonyl (C=O) groups is 2. The van der Waals surface area contributed by atoms with Crippen molar-refractivity contribution in [1.29, 1.82) is 0 Å². The predicted octanol–water partition coefficient (Wildman–Crippen LogP) is 5.05. The molecule has 0 bridgehead atoms. The van der Waals surface area contributed by atoms with E-state index in [-0.39, 0.29) is 19.8 Å². The highest BCUT2D eigenvalue weighted by Crippen LogP contribution is 2.40. The number of fused-ring (bicyclic) bond motifs is 1. The summed E-state index contributed by atoms with van der Waals surface area (Å²) >= 11 is 0. The number of esters is 1. The van der Waals surface area contributed by atoms with E-state index in [0.29, 0.717) is 24.3 Å². The Hall–Kier alpha value is -3.87. The summed E-state index contributed by atoms with van der Waals surface area (Å²) in [4.78, 5) is 26.6. The van der Waals surface area contributed by atoms with Crippen molar-refractivity contribution in [2.75, 3.05) is 19.8 Å². The van der Waals surface area contributed by atoms with Gasteiger partial charge in [0, 0.05) is 12.1 Å². The van der Waals surface area contributed by atoms with Crippen LogP contribution in [0.3, 0.4) is 0 Å². The Morgan fingerprint density at radius 3 is 2.53 bits per heavy atom. The van der Waals surface area contributed by atoms with Crippen molar-refractivity contribution >= 4 is 12.1 Å². The van der Waals surface area contributed by atoms with Crippen molar-refractivity contribution in [3.63, 3.8) is 0 Å². The molecule has 1 atom stereocenters. The summed E-state index contributed by atoms with van der Waals surface area (Å²) < 4.78 is 30.7. The van der Waals surface area contributed by atoms with E-state index < -0.39 is 23.9 Å². The van der Waals surface area contributed by atoms with Crippen LogP contribution in [0.15, 0.2) is 72.8 Å². The lowest BCUT2D eigenvalue weighted by molar-refractivity contribution is -0.145. The Kier molecular flexibility index (Phi) is 7.42. The third-order valence-electron chi connectivity index (χ3n) is 5.64. The van der Waals surface area contributed by atoms with Crippen LogP contribution < -0.4 is 4.74 Å². The van der Waals surface area contributed by atoms with Crippen LogP contribution in [0.2, 0.25) is 0 Å². The molecule has 1 heterocycles. The summed E-state index contributed by atoms with van der Waals surface area (Å²) in [5.74, 6) is -0.697. The van der Waals surface area contributed by atoms with E-state index in [9.17, 15) is 14.0 Å². The number of hydrogen-bond acceptors (Lipinski definition) is 5. The fourth-order valence-corrected chi connectivity index (χ4v) is 4.10. The highest BCUT2D eigenvalue weighted by molar-refractivity contribution is 5.72. The van der Waals surface area contributed by atoms with Gasteiger partial charge in [0.1, 0.15) is 18.2 Å². The minimum absolute atomic E-state index is 0.125. The van der Waals surface area contributed by atoms with E-state index in [1.807, 2.05) is 54.6 Å². The van der Waals surface area contributed by atoms with Gasteiger partial charge in [-0.1, -0.05) is 54.6 Å². The van der Waals surface area contributed by atoms with Crippen molar-refractivity contribution in [3.05, 3.63) is 101 Å². The smallest absolute Gasteiger partial charge is 0.410 e. The summed E-state index contributed by atoms with van der Waals surface area (Å²) in [5.41, 5.74) is 3.22. The topological polar surface area (TPSA) is 65.1 Å². The lowest BCUT2D eigenvalue weighted by atomic mass is 9.88. The summed E-state index contributed by atoms with van der Waals surface area (Å²) in [6, 6.07) is 20.6. The maximum Gasteiger partial charge on any atom is 0.410 e. The molecule has 34 heavy (non-hydrogen) atoms. The lowest BCUT2D eigenvalue weighted by Crippen LogP contribution is -2.41. The molecule has 1 aliphatic heterocycles. The Labute approximate surface area is 197 Å². The molecule has 0 aromatic heterocycles. The van der Waals surface area contributed by atoms with Crippen molar-refractivity contribution < 1.29 is 28.2 Å². The fourth-order valence-electron chi connectivity index (χ4n) is 4.10. The molecule has 6 nitrogen and oxygen atoms in total. The maximum atomic E-state index is 14.4. The molecule has 0 fully saturated rings. The van der Waals surface area contributed by atoms with Crippen LogP contribution in [0.25, 0.3) is 0 Å². The van der Waals surface area contributed by atoms with Gasteiger partial charge < -0.3 is 14.2 Å². The molecule has 0 spiro atoms. The first-order valence-corrected chi connectivity index (χ1v) is 11.2. The highest BCUT2D eigenvalue weighted by Gasteiger charge is 2.35. The van der Waals surface area contributed by atoms with Crippen LogP contribution >= 0.6 is 0 Å². The largest absolute Gasteiger partial charge is 0.482 e. The van der Waals surface area contributed by atoms with Crippen LogP contribution in [-0.2, 0) is 27.3 Å². The monoisotopic (exact) mass is 463 g/mol. The van der Waals surface area contributed by atoms with Crippen LogP contribution in [0.4, 0.5) is 9.18 Å². The van der Waals surface area contributed by atoms with Gasteiger partial charge in [0.25, 0.3) is 0 Å². The predicted molar refractivity (Wildman–Crippen MR) is 124 cm³/mol. The SMILES string of the molecule is CCOC(=O)COc1ccc(F)cc1C1c2ccccc2CCN1C(=O)OCc1ccccc1. The first-order chi connectivity index (χ1) is 16.6. The van der Waals surface area contributed by atoms with Crippen molar-refractivity contribution in [1.82, 2.24) is 4.90 Å². The van der Waals surface area contributed by atoms with Gasteiger partial charge in [-0.3, -0.25) is 4.90 Å². The molecular weight excluding hydrogens is 437 g/mol. The maximum absolute atomic E-state index is 14.4. The number of rotatable bonds is 7. The van der Waals surface area contributed by atoms with Crippen molar-refractivity contribution in [3.8, 4) is 5.75 Å². The molecule has 176 valence electrons. The van der Waals surface area contributed by atoms with Crippen molar-refractivity contribution in [2.45, 2.75) is 26.0 Å². The third kappa shape index (κ3) is 5.36. The standard InChI is InChI=1S/C27H26FNO5/c1-2-32-25(30)18-33-24-13-12-21(28)16-23(24)26-22-11-7-6-10-20(22)14-15-29(26)27(31)34-17-19-8-4-3-5-9-19/h3-13,16,26H,2,14-15,17-18H2,1H3. The zero-order valence-electron chi connectivity index (χ0n) is 18.9. The minimum atomic E-state index is -0.638. The van der Waals surface area contributed by atoms with E-state index in [4.69, 9.17) is 14.2 Å². The average Bonchev–Trinajstić information content (AvgIpc) is 2.86. The van der Waals surface area contributed by atoms with Crippen LogP contribution in [0.1, 0.15) is 35.2 Å². The molecule has 7 heteroatoms. The van der Waals surface area contributed by atoms with Gasteiger partial charge in [0.15, 0.2) is 6.61 Å². The number of halogens is 1. The number of amides is 1. The molecule has 1 unspecified atom stereocenters. The first-order valence-electron chi connectivity index (χ1n) is 11.2.